The van der Waals surface area contributed by atoms with Gasteiger partial charge in [0.15, 0.2) is 0 Å². The molecule has 0 aromatic carbocycles. The summed E-state index contributed by atoms with van der Waals surface area (Å²) >= 11 is 2.62. The lowest BCUT2D eigenvalue weighted by atomic mass is 10.7. The number of ether oxygens (including phenoxy) is 1. The van der Waals surface area contributed by atoms with E-state index in [0.29, 0.717) is 6.61 Å². The maximum Gasteiger partial charge on any atom is 0.384 e. The van der Waals surface area contributed by atoms with E-state index in [9.17, 15) is 19.2 Å². The fourth-order valence-electron chi connectivity index (χ4n) is 0.732. The van der Waals surface area contributed by atoms with Crippen LogP contribution < -0.4 is 0 Å². The molecule has 0 heterocycles. The number of carbonyl (C=O) groups is 1. The zero-order chi connectivity index (χ0) is 17.1. The number of terminal acetylenes is 1. The molecule has 0 bridgehead atoms. The summed E-state index contributed by atoms with van der Waals surface area (Å²) in [6.07, 6.45) is 8.84. The summed E-state index contributed by atoms with van der Waals surface area (Å²) < 4.78 is 4.22. The van der Waals surface area contributed by atoms with E-state index >= 15 is 0 Å². The fraction of sp³-hybridized carbons (Fsp3) is 0.500. The molecule has 0 rings (SSSR count). The molecule has 22 heavy (non-hydrogen) atoms. The molecule has 0 radical (unpaired) electrons. The van der Waals surface area contributed by atoms with Gasteiger partial charge in [-0.05, 0) is 6.92 Å². The smallest absolute Gasteiger partial charge is 0.384 e. The zero-order valence-corrected chi connectivity index (χ0v) is 13.3. The van der Waals surface area contributed by atoms with E-state index in [-0.39, 0.29) is 22.9 Å². The van der Waals surface area contributed by atoms with Gasteiger partial charge in [0.2, 0.25) is 18.2 Å². The Morgan fingerprint density at radius 3 is 1.91 bits per heavy atom. The molecule has 0 aromatic rings. The number of aliphatic imine (C=N–C) groups is 3. The van der Waals surface area contributed by atoms with Gasteiger partial charge in [-0.1, -0.05) is 0 Å². The molecule has 0 aliphatic rings. The van der Waals surface area contributed by atoms with Gasteiger partial charge in [-0.2, -0.15) is 9.98 Å². The summed E-state index contributed by atoms with van der Waals surface area (Å²) in [7, 11) is 0. The molecule has 0 aromatic heterocycles. The van der Waals surface area contributed by atoms with Gasteiger partial charge in [0.1, 0.15) is 0 Å². The standard InChI is InChI=1S/C7H7N3O3S2.C5H6O2/c11-2-8-1-7(14-5-9-3-12)15-6-10-4-13;1-3-5(6)7-4-2/h7H,1,5-6H2;1H,4H2,2H3. The third-order valence-corrected chi connectivity index (χ3v) is 3.89. The van der Waals surface area contributed by atoms with Crippen molar-refractivity contribution in [2.75, 3.05) is 24.9 Å². The van der Waals surface area contributed by atoms with Crippen molar-refractivity contribution in [3.63, 3.8) is 0 Å². The third kappa shape index (κ3) is 17.9. The van der Waals surface area contributed by atoms with Gasteiger partial charge < -0.3 is 4.74 Å². The van der Waals surface area contributed by atoms with Crippen LogP contribution in [0.25, 0.3) is 0 Å². The normalized spacial score (nSPS) is 9.27. The Bertz CT molecular complexity index is 479. The molecule has 0 unspecified atom stereocenters. The Kier molecular flexibility index (Phi) is 19.0. The molecule has 8 nitrogen and oxygen atoms in total. The second-order valence-electron chi connectivity index (χ2n) is 2.82. The van der Waals surface area contributed by atoms with Crippen LogP contribution in [-0.4, -0.2) is 53.7 Å². The molecule has 0 saturated carbocycles. The van der Waals surface area contributed by atoms with Gasteiger partial charge in [-0.3, -0.25) is 0 Å². The van der Waals surface area contributed by atoms with Crippen LogP contribution in [0.1, 0.15) is 6.92 Å². The molecule has 0 aliphatic carbocycles. The van der Waals surface area contributed by atoms with E-state index in [0.717, 1.165) is 0 Å². The van der Waals surface area contributed by atoms with E-state index in [1.807, 2.05) is 0 Å². The number of rotatable bonds is 9. The van der Waals surface area contributed by atoms with Crippen LogP contribution in [0.2, 0.25) is 0 Å². The average Bonchev–Trinajstić information content (AvgIpc) is 2.53. The molecule has 0 saturated heterocycles. The number of esters is 1. The van der Waals surface area contributed by atoms with E-state index in [1.165, 1.54) is 41.8 Å². The Morgan fingerprint density at radius 2 is 1.59 bits per heavy atom. The van der Waals surface area contributed by atoms with Crippen LogP contribution in [-0.2, 0) is 23.9 Å². The minimum absolute atomic E-state index is 0.0966. The minimum Gasteiger partial charge on any atom is -0.456 e. The van der Waals surface area contributed by atoms with Gasteiger partial charge in [0.05, 0.1) is 29.5 Å². The van der Waals surface area contributed by atoms with Gasteiger partial charge in [-0.15, -0.1) is 29.9 Å². The molecule has 0 amide bonds. The van der Waals surface area contributed by atoms with Crippen LogP contribution in [0.3, 0.4) is 0 Å². The Morgan fingerprint density at radius 1 is 1.09 bits per heavy atom. The quantitative estimate of drug-likeness (QED) is 0.152. The molecule has 0 atom stereocenters. The van der Waals surface area contributed by atoms with E-state index in [4.69, 9.17) is 0 Å². The first-order valence-corrected chi connectivity index (χ1v) is 7.73. The van der Waals surface area contributed by atoms with Gasteiger partial charge in [-0.25, -0.2) is 24.2 Å². The number of hydrogen-bond donors (Lipinski definition) is 0. The largest absolute Gasteiger partial charge is 0.456 e. The lowest BCUT2D eigenvalue weighted by Gasteiger charge is -2.08. The van der Waals surface area contributed by atoms with Gasteiger partial charge in [0, 0.05) is 5.92 Å². The first-order chi connectivity index (χ1) is 10.7. The van der Waals surface area contributed by atoms with E-state index in [2.05, 4.69) is 26.1 Å². The van der Waals surface area contributed by atoms with Crippen molar-refractivity contribution >= 4 is 47.7 Å². The summed E-state index contributed by atoms with van der Waals surface area (Å²) in [4.78, 5) is 49.5. The highest BCUT2D eigenvalue weighted by Gasteiger charge is 2.08. The summed E-state index contributed by atoms with van der Waals surface area (Å²) in [5.41, 5.74) is 0. The predicted molar refractivity (Wildman–Crippen MR) is 83.4 cm³/mol. The molecule has 10 heteroatoms. The van der Waals surface area contributed by atoms with Gasteiger partial charge >= 0.3 is 5.97 Å². The van der Waals surface area contributed by atoms with Crippen molar-refractivity contribution in [1.82, 2.24) is 0 Å². The SMILES string of the molecule is C#CC(=O)OCC.O=C=NCSC(CN=C=O)SCN=C=O. The van der Waals surface area contributed by atoms with Crippen molar-refractivity contribution in [2.24, 2.45) is 15.0 Å². The molecular weight excluding hydrogens is 330 g/mol. The van der Waals surface area contributed by atoms with Crippen molar-refractivity contribution < 1.29 is 23.9 Å². The number of thioether (sulfide) groups is 2. The maximum atomic E-state index is 9.95. The molecule has 118 valence electrons. The number of carbonyl (C=O) groups excluding carboxylic acids is 4. The second kappa shape index (κ2) is 18.9. The average molecular weight is 343 g/mol. The molecule has 0 spiro atoms. The first-order valence-electron chi connectivity index (χ1n) is 5.63. The zero-order valence-electron chi connectivity index (χ0n) is 11.7. The number of nitrogens with zero attached hydrogens (tertiary/aromatic N) is 3. The maximum absolute atomic E-state index is 9.95. The molecule has 0 aliphatic heterocycles. The third-order valence-electron chi connectivity index (χ3n) is 1.48. The number of isocyanates is 3. The van der Waals surface area contributed by atoms with Crippen molar-refractivity contribution in [1.29, 1.82) is 0 Å². The monoisotopic (exact) mass is 343 g/mol. The Balaban J connectivity index is 0. The van der Waals surface area contributed by atoms with E-state index in [1.54, 1.807) is 12.8 Å². The van der Waals surface area contributed by atoms with E-state index < -0.39 is 5.97 Å². The first kappa shape index (κ1) is 22.2. The van der Waals surface area contributed by atoms with Crippen LogP contribution in [0.5, 0.6) is 0 Å². The van der Waals surface area contributed by atoms with Crippen LogP contribution >= 0.6 is 23.5 Å². The summed E-state index contributed by atoms with van der Waals surface area (Å²) in [5.74, 6) is 1.68. The fourth-order valence-corrected chi connectivity index (χ4v) is 2.43. The molecule has 0 fully saturated rings. The lowest BCUT2D eigenvalue weighted by molar-refractivity contribution is -0.136. The summed E-state index contributed by atoms with van der Waals surface area (Å²) in [6, 6.07) is 0. The molecule has 0 N–H and O–H groups in total. The minimum atomic E-state index is -0.595. The Hall–Kier alpha value is -2.13. The van der Waals surface area contributed by atoms with Crippen molar-refractivity contribution in [3.8, 4) is 12.3 Å². The van der Waals surface area contributed by atoms with Crippen LogP contribution in [0, 0.1) is 12.3 Å². The predicted octanol–water partition coefficient (Wildman–Crippen LogP) is 0.884. The van der Waals surface area contributed by atoms with Gasteiger partial charge in [0.25, 0.3) is 0 Å². The Labute approximate surface area is 135 Å². The summed E-state index contributed by atoms with van der Waals surface area (Å²) in [5, 5.41) is 0. The highest BCUT2D eigenvalue weighted by Crippen LogP contribution is 2.23. The summed E-state index contributed by atoms with van der Waals surface area (Å²) in [6.45, 7) is 2.29. The highest BCUT2D eigenvalue weighted by atomic mass is 32.2. The van der Waals surface area contributed by atoms with Crippen LogP contribution in [0.4, 0.5) is 0 Å². The van der Waals surface area contributed by atoms with Crippen LogP contribution in [0.15, 0.2) is 15.0 Å². The highest BCUT2D eigenvalue weighted by molar-refractivity contribution is 8.17. The van der Waals surface area contributed by atoms with Crippen molar-refractivity contribution in [2.45, 2.75) is 11.5 Å². The van der Waals surface area contributed by atoms with Crippen molar-refractivity contribution in [3.05, 3.63) is 0 Å². The lowest BCUT2D eigenvalue weighted by Crippen LogP contribution is -2.03. The topological polar surface area (TPSA) is 115 Å². The number of hydrogen-bond acceptors (Lipinski definition) is 10. The molecular formula is C12H13N3O5S2. The second-order valence-corrected chi connectivity index (χ2v) is 5.44.